The van der Waals surface area contributed by atoms with Gasteiger partial charge >= 0.3 is 5.97 Å². The Bertz CT molecular complexity index is 800. The number of ether oxygens (including phenoxy) is 2. The van der Waals surface area contributed by atoms with Gasteiger partial charge in [0.15, 0.2) is 0 Å². The predicted molar refractivity (Wildman–Crippen MR) is 90.2 cm³/mol. The molecule has 0 aliphatic carbocycles. The van der Waals surface area contributed by atoms with Gasteiger partial charge in [-0.25, -0.2) is 9.78 Å². The molecule has 1 atom stereocenters. The van der Waals surface area contributed by atoms with Gasteiger partial charge < -0.3 is 19.9 Å². The van der Waals surface area contributed by atoms with Crippen LogP contribution in [-0.2, 0) is 4.74 Å². The van der Waals surface area contributed by atoms with Crippen LogP contribution in [-0.4, -0.2) is 41.3 Å². The molecule has 1 aromatic heterocycles. The average Bonchev–Trinajstić information content (AvgIpc) is 3.09. The molecular formula is C18H18N2O5. The Morgan fingerprint density at radius 2 is 2.08 bits per heavy atom. The highest BCUT2D eigenvalue weighted by atomic mass is 16.5. The molecule has 0 spiro atoms. The molecule has 1 saturated heterocycles. The number of nitrogens with zero attached hydrogens (tertiary/aromatic N) is 1. The first kappa shape index (κ1) is 16.9. The van der Waals surface area contributed by atoms with E-state index in [4.69, 9.17) is 14.6 Å². The van der Waals surface area contributed by atoms with Gasteiger partial charge in [-0.15, -0.1) is 0 Å². The molecule has 1 fully saturated rings. The van der Waals surface area contributed by atoms with E-state index in [0.29, 0.717) is 24.7 Å². The molecule has 2 aromatic rings. The van der Waals surface area contributed by atoms with Crippen molar-refractivity contribution in [2.75, 3.05) is 18.5 Å². The van der Waals surface area contributed by atoms with Crippen molar-refractivity contribution >= 4 is 17.6 Å². The number of anilines is 1. The highest BCUT2D eigenvalue weighted by Crippen LogP contribution is 2.27. The van der Waals surface area contributed by atoms with E-state index in [9.17, 15) is 9.59 Å². The van der Waals surface area contributed by atoms with Crippen LogP contribution in [0.1, 0.15) is 33.0 Å². The normalized spacial score (nSPS) is 16.4. The number of carboxylic acids is 1. The summed E-state index contributed by atoms with van der Waals surface area (Å²) in [6.07, 6.45) is 0.771. The standard InChI is InChI=1S/C18H18N2O5/c1-11-13(18(22)23)6-7-15(19-11)17(21)20-14-4-2-3-5-16(14)25-12-8-9-24-10-12/h2-7,12H,8-10H2,1H3,(H,20,21)(H,22,23). The Labute approximate surface area is 144 Å². The molecule has 2 N–H and O–H groups in total. The summed E-state index contributed by atoms with van der Waals surface area (Å²) < 4.78 is 11.2. The van der Waals surface area contributed by atoms with Gasteiger partial charge in [-0.1, -0.05) is 12.1 Å². The molecule has 1 aromatic carbocycles. The van der Waals surface area contributed by atoms with E-state index in [2.05, 4.69) is 10.3 Å². The number of carboxylic acid groups (broad SMARTS) is 1. The van der Waals surface area contributed by atoms with E-state index in [1.54, 1.807) is 25.1 Å². The molecule has 7 heteroatoms. The number of aromatic nitrogens is 1. The average molecular weight is 342 g/mol. The summed E-state index contributed by atoms with van der Waals surface area (Å²) in [7, 11) is 0. The maximum Gasteiger partial charge on any atom is 0.337 e. The topological polar surface area (TPSA) is 97.8 Å². The molecule has 3 rings (SSSR count). The van der Waals surface area contributed by atoms with Crippen LogP contribution >= 0.6 is 0 Å². The highest BCUT2D eigenvalue weighted by molar-refractivity contribution is 6.04. The monoisotopic (exact) mass is 342 g/mol. The van der Waals surface area contributed by atoms with E-state index >= 15 is 0 Å². The third-order valence-corrected chi connectivity index (χ3v) is 3.87. The van der Waals surface area contributed by atoms with Gasteiger partial charge in [-0.3, -0.25) is 4.79 Å². The Morgan fingerprint density at radius 3 is 2.76 bits per heavy atom. The number of carbonyl (C=O) groups is 2. The van der Waals surface area contributed by atoms with Crippen LogP contribution < -0.4 is 10.1 Å². The van der Waals surface area contributed by atoms with Crippen LogP contribution in [0.15, 0.2) is 36.4 Å². The molecule has 0 bridgehead atoms. The molecule has 1 amide bonds. The third kappa shape index (κ3) is 3.95. The zero-order valence-electron chi connectivity index (χ0n) is 13.7. The van der Waals surface area contributed by atoms with Crippen LogP contribution in [0.5, 0.6) is 5.75 Å². The number of amides is 1. The van der Waals surface area contributed by atoms with Gasteiger partial charge in [0, 0.05) is 6.42 Å². The lowest BCUT2D eigenvalue weighted by Crippen LogP contribution is -2.19. The number of benzene rings is 1. The Balaban J connectivity index is 1.76. The second kappa shape index (κ2) is 7.31. The van der Waals surface area contributed by atoms with E-state index in [-0.39, 0.29) is 23.1 Å². The van der Waals surface area contributed by atoms with Crippen molar-refractivity contribution in [3.63, 3.8) is 0 Å². The molecule has 7 nitrogen and oxygen atoms in total. The molecule has 25 heavy (non-hydrogen) atoms. The van der Waals surface area contributed by atoms with Crippen molar-refractivity contribution in [3.8, 4) is 5.75 Å². The molecule has 1 unspecified atom stereocenters. The van der Waals surface area contributed by atoms with Crippen molar-refractivity contribution in [1.82, 2.24) is 4.98 Å². The minimum absolute atomic E-state index is 0.0340. The summed E-state index contributed by atoms with van der Waals surface area (Å²) in [4.78, 5) is 27.5. The number of para-hydroxylation sites is 2. The maximum absolute atomic E-state index is 12.4. The quantitative estimate of drug-likeness (QED) is 0.866. The van der Waals surface area contributed by atoms with Gasteiger partial charge in [-0.2, -0.15) is 0 Å². The fraction of sp³-hybridized carbons (Fsp3) is 0.278. The van der Waals surface area contributed by atoms with Gasteiger partial charge in [0.05, 0.1) is 30.2 Å². The van der Waals surface area contributed by atoms with Gasteiger partial charge in [0.2, 0.25) is 0 Å². The Kier molecular flexibility index (Phi) is 4.95. The van der Waals surface area contributed by atoms with Gasteiger partial charge in [-0.05, 0) is 31.2 Å². The summed E-state index contributed by atoms with van der Waals surface area (Å²) >= 11 is 0. The molecular weight excluding hydrogens is 324 g/mol. The fourth-order valence-electron chi connectivity index (χ4n) is 2.56. The summed E-state index contributed by atoms with van der Waals surface area (Å²) in [5.41, 5.74) is 1.02. The number of hydrogen-bond acceptors (Lipinski definition) is 5. The SMILES string of the molecule is Cc1nc(C(=O)Nc2ccccc2OC2CCOC2)ccc1C(=O)O. The summed E-state index contributed by atoms with van der Waals surface area (Å²) in [6.45, 7) is 2.75. The first-order chi connectivity index (χ1) is 12.0. The number of nitrogens with one attached hydrogen (secondary N) is 1. The zero-order valence-corrected chi connectivity index (χ0v) is 13.7. The lowest BCUT2D eigenvalue weighted by atomic mass is 10.2. The van der Waals surface area contributed by atoms with Crippen LogP contribution in [0.25, 0.3) is 0 Å². The number of aryl methyl sites for hydroxylation is 1. The summed E-state index contributed by atoms with van der Waals surface area (Å²) in [5.74, 6) is -0.946. The minimum atomic E-state index is -1.07. The molecule has 0 saturated carbocycles. The minimum Gasteiger partial charge on any atom is -0.486 e. The smallest absolute Gasteiger partial charge is 0.337 e. The number of pyridine rings is 1. The molecule has 0 radical (unpaired) electrons. The van der Waals surface area contributed by atoms with Gasteiger partial charge in [0.25, 0.3) is 5.91 Å². The first-order valence-corrected chi connectivity index (χ1v) is 7.90. The second-order valence-electron chi connectivity index (χ2n) is 5.69. The van der Waals surface area contributed by atoms with Crippen molar-refractivity contribution in [2.45, 2.75) is 19.4 Å². The van der Waals surface area contributed by atoms with Crippen molar-refractivity contribution in [2.24, 2.45) is 0 Å². The van der Waals surface area contributed by atoms with Crippen LogP contribution in [0.4, 0.5) is 5.69 Å². The highest BCUT2D eigenvalue weighted by Gasteiger charge is 2.20. The molecule has 2 heterocycles. The van der Waals surface area contributed by atoms with Gasteiger partial charge in [0.1, 0.15) is 17.5 Å². The van der Waals surface area contributed by atoms with Crippen molar-refractivity contribution in [3.05, 3.63) is 53.3 Å². The fourth-order valence-corrected chi connectivity index (χ4v) is 2.56. The number of hydrogen-bond donors (Lipinski definition) is 2. The largest absolute Gasteiger partial charge is 0.486 e. The molecule has 1 aliphatic heterocycles. The number of carbonyl (C=O) groups excluding carboxylic acids is 1. The van der Waals surface area contributed by atoms with E-state index < -0.39 is 11.9 Å². The Morgan fingerprint density at radius 1 is 1.28 bits per heavy atom. The predicted octanol–water partition coefficient (Wildman–Crippen LogP) is 2.51. The van der Waals surface area contributed by atoms with Crippen molar-refractivity contribution in [1.29, 1.82) is 0 Å². The lowest BCUT2D eigenvalue weighted by molar-refractivity contribution is 0.0695. The van der Waals surface area contributed by atoms with Crippen LogP contribution in [0.3, 0.4) is 0 Å². The van der Waals surface area contributed by atoms with Crippen molar-refractivity contribution < 1.29 is 24.2 Å². The summed E-state index contributed by atoms with van der Waals surface area (Å²) in [5, 5.41) is 11.8. The third-order valence-electron chi connectivity index (χ3n) is 3.87. The zero-order chi connectivity index (χ0) is 17.8. The first-order valence-electron chi connectivity index (χ1n) is 7.90. The lowest BCUT2D eigenvalue weighted by Gasteiger charge is -2.16. The van der Waals surface area contributed by atoms with Crippen LogP contribution in [0.2, 0.25) is 0 Å². The second-order valence-corrected chi connectivity index (χ2v) is 5.69. The van der Waals surface area contributed by atoms with E-state index in [1.807, 2.05) is 6.07 Å². The number of rotatable bonds is 5. The Hall–Kier alpha value is -2.93. The molecule has 1 aliphatic rings. The number of aromatic carboxylic acids is 1. The van der Waals surface area contributed by atoms with E-state index in [1.165, 1.54) is 12.1 Å². The molecule has 130 valence electrons. The van der Waals surface area contributed by atoms with Crippen LogP contribution in [0, 0.1) is 6.92 Å². The van der Waals surface area contributed by atoms with E-state index in [0.717, 1.165) is 6.42 Å². The summed E-state index contributed by atoms with van der Waals surface area (Å²) in [6, 6.07) is 9.89. The maximum atomic E-state index is 12.4.